The maximum absolute atomic E-state index is 12.3. The average Bonchev–Trinajstić information content (AvgIpc) is 2.99. The largest absolute Gasteiger partial charge is 0.462 e. The predicted molar refractivity (Wildman–Crippen MR) is 184 cm³/mol. The second kappa shape index (κ2) is 36.3. The number of hydrogen-bond donors (Lipinski definition) is 0. The van der Waals surface area contributed by atoms with Gasteiger partial charge in [0.25, 0.3) is 0 Å². The van der Waals surface area contributed by atoms with E-state index in [9.17, 15) is 9.59 Å². The van der Waals surface area contributed by atoms with Gasteiger partial charge in [0.2, 0.25) is 6.29 Å². The minimum Gasteiger partial charge on any atom is -0.462 e. The van der Waals surface area contributed by atoms with E-state index in [1.807, 2.05) is 6.29 Å². The summed E-state index contributed by atoms with van der Waals surface area (Å²) in [7, 11) is 0. The van der Waals surface area contributed by atoms with Crippen LogP contribution >= 0.6 is 0 Å². The monoisotopic (exact) mass is 592 g/mol. The second-order valence-electron chi connectivity index (χ2n) is 13.3. The SMILES string of the molecule is CCCCCCCCCCCCCCCCCCCCCCCC(=O)OC(C[C]=O)CCCCCCCCCCCC. The van der Waals surface area contributed by atoms with Crippen molar-refractivity contribution in [3.63, 3.8) is 0 Å². The molecule has 0 aliphatic rings. The van der Waals surface area contributed by atoms with Gasteiger partial charge in [-0.1, -0.05) is 200 Å². The Morgan fingerprint density at radius 2 is 0.738 bits per heavy atom. The van der Waals surface area contributed by atoms with Gasteiger partial charge in [-0.2, -0.15) is 0 Å². The van der Waals surface area contributed by atoms with Crippen molar-refractivity contribution in [2.75, 3.05) is 0 Å². The van der Waals surface area contributed by atoms with Crippen LogP contribution in [-0.4, -0.2) is 18.4 Å². The normalized spacial score (nSPS) is 12.0. The van der Waals surface area contributed by atoms with Gasteiger partial charge < -0.3 is 4.74 Å². The molecule has 1 unspecified atom stereocenters. The fourth-order valence-electron chi connectivity index (χ4n) is 6.10. The van der Waals surface area contributed by atoms with Crippen LogP contribution in [0.4, 0.5) is 0 Å². The third-order valence-corrected chi connectivity index (χ3v) is 8.97. The van der Waals surface area contributed by atoms with Gasteiger partial charge in [-0.05, 0) is 19.3 Å². The van der Waals surface area contributed by atoms with E-state index in [1.54, 1.807) is 0 Å². The molecule has 0 bridgehead atoms. The maximum Gasteiger partial charge on any atom is 0.306 e. The first-order valence-electron chi connectivity index (χ1n) is 19.3. The number of rotatable bonds is 36. The summed E-state index contributed by atoms with van der Waals surface area (Å²) in [4.78, 5) is 23.2. The summed E-state index contributed by atoms with van der Waals surface area (Å²) < 4.78 is 5.62. The molecular weight excluding hydrogens is 516 g/mol. The maximum atomic E-state index is 12.3. The zero-order valence-corrected chi connectivity index (χ0v) is 28.8. The van der Waals surface area contributed by atoms with Gasteiger partial charge in [0.05, 0.1) is 6.42 Å². The Kier molecular flexibility index (Phi) is 35.6. The highest BCUT2D eigenvalue weighted by Gasteiger charge is 2.14. The third-order valence-electron chi connectivity index (χ3n) is 8.97. The predicted octanol–water partition coefficient (Wildman–Crippen LogP) is 13.3. The van der Waals surface area contributed by atoms with E-state index in [4.69, 9.17) is 4.74 Å². The highest BCUT2D eigenvalue weighted by atomic mass is 16.5. The molecular formula is C39H75O3. The van der Waals surface area contributed by atoms with Crippen molar-refractivity contribution in [3.8, 4) is 0 Å². The molecule has 249 valence electrons. The van der Waals surface area contributed by atoms with E-state index in [1.165, 1.54) is 180 Å². The average molecular weight is 592 g/mol. The van der Waals surface area contributed by atoms with Crippen molar-refractivity contribution in [1.82, 2.24) is 0 Å². The summed E-state index contributed by atoms with van der Waals surface area (Å²) in [6, 6.07) is 0. The second-order valence-corrected chi connectivity index (χ2v) is 13.3. The molecule has 0 fully saturated rings. The van der Waals surface area contributed by atoms with E-state index >= 15 is 0 Å². The molecule has 0 spiro atoms. The fourth-order valence-corrected chi connectivity index (χ4v) is 6.10. The molecule has 0 N–H and O–H groups in total. The summed E-state index contributed by atoms with van der Waals surface area (Å²) in [5.74, 6) is -0.125. The molecule has 1 atom stereocenters. The van der Waals surface area contributed by atoms with E-state index < -0.39 is 0 Å². The van der Waals surface area contributed by atoms with Crippen LogP contribution in [0.2, 0.25) is 0 Å². The molecule has 0 saturated carbocycles. The molecule has 0 rings (SSSR count). The molecule has 0 aromatic heterocycles. The van der Waals surface area contributed by atoms with Gasteiger partial charge in [-0.15, -0.1) is 0 Å². The molecule has 0 amide bonds. The first kappa shape index (κ1) is 41.1. The van der Waals surface area contributed by atoms with Crippen LogP contribution in [0, 0.1) is 0 Å². The van der Waals surface area contributed by atoms with Crippen molar-refractivity contribution >= 4 is 12.3 Å². The molecule has 42 heavy (non-hydrogen) atoms. The van der Waals surface area contributed by atoms with Crippen molar-refractivity contribution in [3.05, 3.63) is 0 Å². The lowest BCUT2D eigenvalue weighted by Crippen LogP contribution is -2.18. The molecule has 0 aliphatic heterocycles. The first-order valence-corrected chi connectivity index (χ1v) is 19.3. The van der Waals surface area contributed by atoms with E-state index in [0.29, 0.717) is 6.42 Å². The van der Waals surface area contributed by atoms with Gasteiger partial charge >= 0.3 is 5.97 Å². The van der Waals surface area contributed by atoms with Crippen molar-refractivity contribution in [1.29, 1.82) is 0 Å². The van der Waals surface area contributed by atoms with Gasteiger partial charge in [0, 0.05) is 6.42 Å². The molecule has 0 aliphatic carbocycles. The number of ether oxygens (including phenoxy) is 1. The van der Waals surface area contributed by atoms with Crippen LogP contribution in [0.3, 0.4) is 0 Å². The molecule has 0 saturated heterocycles. The van der Waals surface area contributed by atoms with Crippen LogP contribution in [0.5, 0.6) is 0 Å². The third kappa shape index (κ3) is 33.6. The number of unbranched alkanes of at least 4 members (excludes halogenated alkanes) is 29. The minimum atomic E-state index is -0.265. The summed E-state index contributed by atoms with van der Waals surface area (Å²) in [5, 5.41) is 0. The molecule has 0 heterocycles. The Balaban J connectivity index is 3.42. The van der Waals surface area contributed by atoms with Crippen molar-refractivity contribution in [2.24, 2.45) is 0 Å². The Bertz CT molecular complexity index is 532. The van der Waals surface area contributed by atoms with Crippen LogP contribution < -0.4 is 0 Å². The number of hydrogen-bond acceptors (Lipinski definition) is 3. The van der Waals surface area contributed by atoms with E-state index in [-0.39, 0.29) is 18.5 Å². The first-order chi connectivity index (χ1) is 20.7. The van der Waals surface area contributed by atoms with Gasteiger partial charge in [0.15, 0.2) is 0 Å². The van der Waals surface area contributed by atoms with Gasteiger partial charge in [-0.25, -0.2) is 0 Å². The summed E-state index contributed by atoms with van der Waals surface area (Å²) in [6.45, 7) is 4.55. The summed E-state index contributed by atoms with van der Waals surface area (Å²) in [6.07, 6.45) is 44.8. The number of esters is 1. The topological polar surface area (TPSA) is 43.4 Å². The van der Waals surface area contributed by atoms with Crippen molar-refractivity contribution in [2.45, 2.75) is 238 Å². The van der Waals surface area contributed by atoms with Crippen LogP contribution in [0.1, 0.15) is 232 Å². The Morgan fingerprint density at radius 1 is 0.452 bits per heavy atom. The van der Waals surface area contributed by atoms with E-state index in [2.05, 4.69) is 13.8 Å². The minimum absolute atomic E-state index is 0.125. The van der Waals surface area contributed by atoms with Crippen LogP contribution in [-0.2, 0) is 14.3 Å². The summed E-state index contributed by atoms with van der Waals surface area (Å²) >= 11 is 0. The zero-order chi connectivity index (χ0) is 30.6. The molecule has 1 radical (unpaired) electrons. The van der Waals surface area contributed by atoms with Gasteiger partial charge in [0.1, 0.15) is 6.10 Å². The Labute approximate surface area is 264 Å². The molecule has 0 aromatic carbocycles. The van der Waals surface area contributed by atoms with Crippen molar-refractivity contribution < 1.29 is 14.3 Å². The lowest BCUT2D eigenvalue weighted by molar-refractivity contribution is -0.149. The Morgan fingerprint density at radius 3 is 1.05 bits per heavy atom. The quantitative estimate of drug-likeness (QED) is 0.0537. The molecule has 3 heteroatoms. The Hall–Kier alpha value is -0.860. The summed E-state index contributed by atoms with van der Waals surface area (Å²) in [5.41, 5.74) is 0. The standard InChI is InChI=1S/C39H75O3/c1-3-5-7-9-11-13-15-16-17-18-19-20-21-22-23-24-25-27-29-31-33-35-39(41)42-38(36-37-40)34-32-30-28-26-14-12-10-8-6-4-2/h38H,3-36H2,1-2H3. The molecule has 0 aromatic rings. The lowest BCUT2D eigenvalue weighted by Gasteiger charge is -2.15. The highest BCUT2D eigenvalue weighted by Crippen LogP contribution is 2.17. The highest BCUT2D eigenvalue weighted by molar-refractivity contribution is 5.69. The van der Waals surface area contributed by atoms with E-state index in [0.717, 1.165) is 25.7 Å². The van der Waals surface area contributed by atoms with Crippen LogP contribution in [0.25, 0.3) is 0 Å². The lowest BCUT2D eigenvalue weighted by atomic mass is 10.0. The smallest absolute Gasteiger partial charge is 0.306 e. The van der Waals surface area contributed by atoms with Gasteiger partial charge in [-0.3, -0.25) is 9.59 Å². The number of carbonyl (C=O) groups is 1. The molecule has 3 nitrogen and oxygen atoms in total. The fraction of sp³-hybridized carbons (Fsp3) is 0.949. The zero-order valence-electron chi connectivity index (χ0n) is 28.8. The number of carbonyl (C=O) groups excluding carboxylic acids is 2. The van der Waals surface area contributed by atoms with Crippen LogP contribution in [0.15, 0.2) is 0 Å².